The summed E-state index contributed by atoms with van der Waals surface area (Å²) in [5.41, 5.74) is 1.50. The number of rotatable bonds is 8. The number of aryl methyl sites for hydroxylation is 1. The molecule has 1 unspecified atom stereocenters. The van der Waals surface area contributed by atoms with Gasteiger partial charge >= 0.3 is 5.63 Å². The molecule has 0 fully saturated rings. The summed E-state index contributed by atoms with van der Waals surface area (Å²) in [5.74, 6) is 0.942. The van der Waals surface area contributed by atoms with E-state index in [9.17, 15) is 9.59 Å². The highest BCUT2D eigenvalue weighted by Gasteiger charge is 2.16. The third-order valence-corrected chi connectivity index (χ3v) is 4.49. The van der Waals surface area contributed by atoms with Gasteiger partial charge in [0.25, 0.3) is 5.91 Å². The fourth-order valence-corrected chi connectivity index (χ4v) is 2.85. The fourth-order valence-electron chi connectivity index (χ4n) is 2.85. The van der Waals surface area contributed by atoms with Crippen LogP contribution in [0, 0.1) is 6.92 Å². The summed E-state index contributed by atoms with van der Waals surface area (Å²) in [4.78, 5) is 24.0. The van der Waals surface area contributed by atoms with Gasteiger partial charge < -0.3 is 19.2 Å². The zero-order valence-corrected chi connectivity index (χ0v) is 16.9. The van der Waals surface area contributed by atoms with E-state index in [0.29, 0.717) is 23.6 Å². The number of fused-ring (bicyclic) bond motifs is 1. The van der Waals surface area contributed by atoms with Gasteiger partial charge in [0.2, 0.25) is 0 Å². The van der Waals surface area contributed by atoms with E-state index in [1.54, 1.807) is 31.2 Å². The first-order valence-electron chi connectivity index (χ1n) is 9.71. The van der Waals surface area contributed by atoms with E-state index in [-0.39, 0.29) is 5.91 Å². The molecule has 0 saturated carbocycles. The minimum Gasteiger partial charge on any atom is -0.494 e. The van der Waals surface area contributed by atoms with Gasteiger partial charge in [-0.05, 0) is 62.2 Å². The number of amides is 1. The first kappa shape index (κ1) is 20.5. The Hall–Kier alpha value is -3.28. The quantitative estimate of drug-likeness (QED) is 0.442. The predicted octanol–water partition coefficient (Wildman–Crippen LogP) is 4.69. The lowest BCUT2D eigenvalue weighted by Gasteiger charge is -2.15. The second-order valence-corrected chi connectivity index (χ2v) is 6.88. The average molecular weight is 395 g/mol. The predicted molar refractivity (Wildman–Crippen MR) is 113 cm³/mol. The first-order chi connectivity index (χ1) is 14.0. The molecular weight excluding hydrogens is 370 g/mol. The van der Waals surface area contributed by atoms with Crippen LogP contribution in [0.1, 0.15) is 32.3 Å². The number of nitrogens with one attached hydrogen (secondary N) is 1. The number of benzene rings is 2. The monoisotopic (exact) mass is 395 g/mol. The molecule has 1 N–H and O–H groups in total. The third-order valence-electron chi connectivity index (χ3n) is 4.49. The van der Waals surface area contributed by atoms with Crippen molar-refractivity contribution in [3.8, 4) is 11.5 Å². The van der Waals surface area contributed by atoms with Gasteiger partial charge in [-0.1, -0.05) is 13.3 Å². The average Bonchev–Trinajstić information content (AvgIpc) is 2.69. The van der Waals surface area contributed by atoms with E-state index in [0.717, 1.165) is 29.5 Å². The third kappa shape index (κ3) is 5.38. The van der Waals surface area contributed by atoms with Crippen LogP contribution in [-0.2, 0) is 4.79 Å². The lowest BCUT2D eigenvalue weighted by Crippen LogP contribution is -2.30. The van der Waals surface area contributed by atoms with Crippen molar-refractivity contribution in [3.05, 3.63) is 64.5 Å². The molecule has 0 aliphatic carbocycles. The summed E-state index contributed by atoms with van der Waals surface area (Å²) in [6.07, 6.45) is 1.35. The Balaban J connectivity index is 1.61. The molecule has 29 heavy (non-hydrogen) atoms. The molecular formula is C23H25NO5. The van der Waals surface area contributed by atoms with Crippen LogP contribution in [0.15, 0.2) is 57.7 Å². The maximum Gasteiger partial charge on any atom is 0.336 e. The molecule has 152 valence electrons. The number of ether oxygens (including phenoxy) is 2. The van der Waals surface area contributed by atoms with Gasteiger partial charge in [-0.3, -0.25) is 4.79 Å². The van der Waals surface area contributed by atoms with Crippen LogP contribution in [0.2, 0.25) is 0 Å². The number of carbonyl (C=O) groups is 1. The molecule has 1 atom stereocenters. The zero-order valence-electron chi connectivity index (χ0n) is 16.9. The summed E-state index contributed by atoms with van der Waals surface area (Å²) in [5, 5.41) is 3.65. The van der Waals surface area contributed by atoms with Crippen LogP contribution in [0.25, 0.3) is 11.0 Å². The lowest BCUT2D eigenvalue weighted by molar-refractivity contribution is -0.122. The molecule has 2 aromatic carbocycles. The number of anilines is 1. The molecule has 6 nitrogen and oxygen atoms in total. The fraction of sp³-hybridized carbons (Fsp3) is 0.304. The molecule has 0 aliphatic rings. The van der Waals surface area contributed by atoms with Gasteiger partial charge in [-0.15, -0.1) is 0 Å². The van der Waals surface area contributed by atoms with Crippen molar-refractivity contribution >= 4 is 22.6 Å². The Labute approximate surface area is 169 Å². The van der Waals surface area contributed by atoms with Gasteiger partial charge in [0.15, 0.2) is 6.10 Å². The maximum absolute atomic E-state index is 12.4. The molecule has 1 heterocycles. The molecule has 1 aromatic heterocycles. The Morgan fingerprint density at radius 1 is 1.10 bits per heavy atom. The minimum atomic E-state index is -0.732. The SMILES string of the molecule is CCCCOc1ccc(NC(=O)C(C)Oc2ccc3c(C)cc(=O)oc3c2)cc1. The van der Waals surface area contributed by atoms with Crippen LogP contribution < -0.4 is 20.4 Å². The van der Waals surface area contributed by atoms with Crippen LogP contribution >= 0.6 is 0 Å². The minimum absolute atomic E-state index is 0.282. The van der Waals surface area contributed by atoms with E-state index in [2.05, 4.69) is 12.2 Å². The second kappa shape index (κ2) is 9.28. The van der Waals surface area contributed by atoms with Crippen molar-refractivity contribution in [1.29, 1.82) is 0 Å². The van der Waals surface area contributed by atoms with E-state index >= 15 is 0 Å². The topological polar surface area (TPSA) is 77.8 Å². The van der Waals surface area contributed by atoms with Gasteiger partial charge in [0.05, 0.1) is 6.61 Å². The standard InChI is InChI=1S/C23H25NO5/c1-4-5-12-27-18-8-6-17(7-9-18)24-23(26)16(3)28-19-10-11-20-15(2)13-22(25)29-21(20)14-19/h6-11,13-14,16H,4-5,12H2,1-3H3,(H,24,26). The molecule has 0 radical (unpaired) electrons. The molecule has 3 rings (SSSR count). The Kier molecular flexibility index (Phi) is 6.54. The van der Waals surface area contributed by atoms with Gasteiger partial charge in [0.1, 0.15) is 17.1 Å². The summed E-state index contributed by atoms with van der Waals surface area (Å²) in [7, 11) is 0. The molecule has 1 amide bonds. The Bertz CT molecular complexity index is 1040. The lowest BCUT2D eigenvalue weighted by atomic mass is 10.1. The van der Waals surface area contributed by atoms with Crippen LogP contribution in [0.5, 0.6) is 11.5 Å². The van der Waals surface area contributed by atoms with Crippen LogP contribution in [0.4, 0.5) is 5.69 Å². The number of hydrogen-bond donors (Lipinski definition) is 1. The maximum atomic E-state index is 12.4. The highest BCUT2D eigenvalue weighted by atomic mass is 16.5. The summed E-state index contributed by atoms with van der Waals surface area (Å²) < 4.78 is 16.6. The van der Waals surface area contributed by atoms with Crippen molar-refractivity contribution in [2.75, 3.05) is 11.9 Å². The zero-order chi connectivity index (χ0) is 20.8. The number of unbranched alkanes of at least 4 members (excludes halogenated alkanes) is 1. The molecule has 3 aromatic rings. The smallest absolute Gasteiger partial charge is 0.336 e. The van der Waals surface area contributed by atoms with Crippen molar-refractivity contribution in [1.82, 2.24) is 0 Å². The number of hydrogen-bond acceptors (Lipinski definition) is 5. The molecule has 6 heteroatoms. The van der Waals surface area contributed by atoms with Crippen molar-refractivity contribution in [3.63, 3.8) is 0 Å². The van der Waals surface area contributed by atoms with Crippen LogP contribution in [-0.4, -0.2) is 18.6 Å². The Morgan fingerprint density at radius 2 is 1.83 bits per heavy atom. The summed E-state index contributed by atoms with van der Waals surface area (Å²) in [6.45, 7) is 6.29. The van der Waals surface area contributed by atoms with E-state index in [1.165, 1.54) is 6.07 Å². The van der Waals surface area contributed by atoms with Gasteiger partial charge in [-0.25, -0.2) is 4.79 Å². The van der Waals surface area contributed by atoms with Crippen molar-refractivity contribution in [2.24, 2.45) is 0 Å². The van der Waals surface area contributed by atoms with Crippen molar-refractivity contribution < 1.29 is 18.7 Å². The highest BCUT2D eigenvalue weighted by Crippen LogP contribution is 2.23. The number of carbonyl (C=O) groups excluding carboxylic acids is 1. The molecule has 0 spiro atoms. The van der Waals surface area contributed by atoms with Gasteiger partial charge in [-0.2, -0.15) is 0 Å². The first-order valence-corrected chi connectivity index (χ1v) is 9.71. The normalized spacial score (nSPS) is 11.8. The molecule has 0 bridgehead atoms. The largest absolute Gasteiger partial charge is 0.494 e. The summed E-state index contributed by atoms with van der Waals surface area (Å²) >= 11 is 0. The van der Waals surface area contributed by atoms with E-state index in [1.807, 2.05) is 25.1 Å². The second-order valence-electron chi connectivity index (χ2n) is 6.88. The molecule has 0 saturated heterocycles. The van der Waals surface area contributed by atoms with Crippen molar-refractivity contribution in [2.45, 2.75) is 39.7 Å². The van der Waals surface area contributed by atoms with E-state index in [4.69, 9.17) is 13.9 Å². The van der Waals surface area contributed by atoms with E-state index < -0.39 is 11.7 Å². The highest BCUT2D eigenvalue weighted by molar-refractivity contribution is 5.94. The summed E-state index contributed by atoms with van der Waals surface area (Å²) in [6, 6.07) is 13.9. The Morgan fingerprint density at radius 3 is 2.55 bits per heavy atom. The molecule has 0 aliphatic heterocycles. The van der Waals surface area contributed by atoms with Gasteiger partial charge in [0, 0.05) is 23.2 Å². The van der Waals surface area contributed by atoms with Crippen LogP contribution in [0.3, 0.4) is 0 Å².